The Morgan fingerprint density at radius 1 is 1.06 bits per heavy atom. The van der Waals surface area contributed by atoms with Gasteiger partial charge in [0, 0.05) is 18.8 Å². The van der Waals surface area contributed by atoms with Crippen molar-refractivity contribution in [2.75, 3.05) is 5.32 Å². The third kappa shape index (κ3) is 5.15. The van der Waals surface area contributed by atoms with Crippen molar-refractivity contribution in [3.8, 4) is 16.9 Å². The van der Waals surface area contributed by atoms with Crippen molar-refractivity contribution in [2.24, 2.45) is 7.05 Å². The van der Waals surface area contributed by atoms with Crippen molar-refractivity contribution in [1.82, 2.24) is 9.88 Å². The third-order valence-electron chi connectivity index (χ3n) is 5.13. The zero-order chi connectivity index (χ0) is 23.4. The fraction of sp³-hybridized carbons (Fsp3) is 0.208. The van der Waals surface area contributed by atoms with Gasteiger partial charge in [-0.05, 0) is 36.6 Å². The summed E-state index contributed by atoms with van der Waals surface area (Å²) >= 11 is 0. The number of amides is 2. The summed E-state index contributed by atoms with van der Waals surface area (Å²) < 4.78 is 1.24. The van der Waals surface area contributed by atoms with Crippen LogP contribution >= 0.6 is 0 Å². The molecule has 4 N–H and O–H groups in total. The number of aryl methyl sites for hydroxylation is 3. The molecule has 8 heteroatoms. The number of pyridine rings is 1. The highest BCUT2D eigenvalue weighted by Crippen LogP contribution is 2.26. The normalized spacial score (nSPS) is 11.6. The van der Waals surface area contributed by atoms with Gasteiger partial charge in [-0.1, -0.05) is 48.0 Å². The van der Waals surface area contributed by atoms with E-state index < -0.39 is 23.6 Å². The van der Waals surface area contributed by atoms with Crippen molar-refractivity contribution in [2.45, 2.75) is 26.3 Å². The number of rotatable bonds is 6. The van der Waals surface area contributed by atoms with Crippen LogP contribution in [0.4, 0.5) is 10.5 Å². The van der Waals surface area contributed by atoms with Gasteiger partial charge in [0.2, 0.25) is 0 Å². The molecule has 0 saturated heterocycles. The third-order valence-corrected chi connectivity index (χ3v) is 5.13. The zero-order valence-corrected chi connectivity index (χ0v) is 18.0. The lowest BCUT2D eigenvalue weighted by molar-refractivity contribution is -0.137. The number of benzene rings is 2. The van der Waals surface area contributed by atoms with Crippen LogP contribution in [0.5, 0.6) is 5.75 Å². The van der Waals surface area contributed by atoms with E-state index in [0.29, 0.717) is 11.1 Å². The van der Waals surface area contributed by atoms with Crippen LogP contribution in [0.1, 0.15) is 29.2 Å². The molecule has 0 aliphatic carbocycles. The van der Waals surface area contributed by atoms with Crippen LogP contribution < -0.4 is 16.2 Å². The fourth-order valence-electron chi connectivity index (χ4n) is 3.41. The molecule has 3 rings (SSSR count). The predicted molar refractivity (Wildman–Crippen MR) is 122 cm³/mol. The van der Waals surface area contributed by atoms with Crippen LogP contribution in [0.3, 0.4) is 0 Å². The van der Waals surface area contributed by atoms with Crippen LogP contribution in [-0.4, -0.2) is 26.8 Å². The van der Waals surface area contributed by atoms with Crippen LogP contribution in [0.25, 0.3) is 11.1 Å². The largest absolute Gasteiger partial charge is 0.505 e. The van der Waals surface area contributed by atoms with Gasteiger partial charge in [-0.3, -0.25) is 9.59 Å². The van der Waals surface area contributed by atoms with E-state index in [0.717, 1.165) is 16.7 Å². The molecule has 1 aromatic heterocycles. The summed E-state index contributed by atoms with van der Waals surface area (Å²) in [7, 11) is 1.50. The average molecular weight is 435 g/mol. The Labute approximate surface area is 185 Å². The Morgan fingerprint density at radius 2 is 1.75 bits per heavy atom. The number of carboxylic acid groups (broad SMARTS) is 1. The number of hydrogen-bond donors (Lipinski definition) is 4. The summed E-state index contributed by atoms with van der Waals surface area (Å²) in [4.78, 5) is 36.4. The van der Waals surface area contributed by atoms with Gasteiger partial charge in [-0.15, -0.1) is 0 Å². The van der Waals surface area contributed by atoms with Crippen molar-refractivity contribution in [3.05, 3.63) is 81.8 Å². The Kier molecular flexibility index (Phi) is 6.63. The lowest BCUT2D eigenvalue weighted by Gasteiger charge is -2.19. The first kappa shape index (κ1) is 22.6. The van der Waals surface area contributed by atoms with E-state index in [-0.39, 0.29) is 17.9 Å². The second kappa shape index (κ2) is 9.38. The maximum atomic E-state index is 12.6. The quantitative estimate of drug-likeness (QED) is 0.470. The molecule has 1 heterocycles. The lowest BCUT2D eigenvalue weighted by atomic mass is 9.97. The summed E-state index contributed by atoms with van der Waals surface area (Å²) in [6.45, 7) is 3.59. The summed E-state index contributed by atoms with van der Waals surface area (Å²) in [5, 5.41) is 24.5. The summed E-state index contributed by atoms with van der Waals surface area (Å²) in [5.41, 5.74) is 3.12. The molecule has 0 fully saturated rings. The monoisotopic (exact) mass is 435 g/mol. The molecular weight excluding hydrogens is 410 g/mol. The van der Waals surface area contributed by atoms with Crippen LogP contribution in [0, 0.1) is 13.8 Å². The van der Waals surface area contributed by atoms with E-state index in [9.17, 15) is 24.6 Å². The number of urea groups is 1. The molecule has 0 spiro atoms. The molecule has 3 aromatic rings. The minimum Gasteiger partial charge on any atom is -0.505 e. The van der Waals surface area contributed by atoms with E-state index in [4.69, 9.17) is 0 Å². The van der Waals surface area contributed by atoms with Gasteiger partial charge in [-0.2, -0.15) is 0 Å². The molecule has 1 unspecified atom stereocenters. The number of anilines is 1. The molecule has 0 aliphatic heterocycles. The molecule has 8 nitrogen and oxygen atoms in total. The minimum absolute atomic E-state index is 0.271. The molecular formula is C24H25N3O5. The summed E-state index contributed by atoms with van der Waals surface area (Å²) in [6, 6.07) is 13.5. The van der Waals surface area contributed by atoms with Crippen molar-refractivity contribution in [3.63, 3.8) is 0 Å². The van der Waals surface area contributed by atoms with Crippen molar-refractivity contribution >= 4 is 17.7 Å². The standard InChI is InChI=1S/C24H25N3O5/c1-14-7-9-16(10-8-14)17-5-4-6-18(11-17)19(12-20(28)29)25-24(32)26-21-22(30)15(2)13-27(3)23(21)31/h4-11,13,19,30H,12H2,1-3H3,(H,28,29)(H2,25,26,32). The first-order valence-corrected chi connectivity index (χ1v) is 10.0. The van der Waals surface area contributed by atoms with Gasteiger partial charge in [-0.25, -0.2) is 4.79 Å². The molecule has 2 amide bonds. The molecule has 0 radical (unpaired) electrons. The second-order valence-electron chi connectivity index (χ2n) is 7.69. The molecule has 0 aliphatic rings. The molecule has 0 bridgehead atoms. The minimum atomic E-state index is -1.09. The van der Waals surface area contributed by atoms with E-state index in [1.165, 1.54) is 17.8 Å². The van der Waals surface area contributed by atoms with Gasteiger partial charge in [0.15, 0.2) is 5.69 Å². The highest BCUT2D eigenvalue weighted by Gasteiger charge is 2.21. The fourth-order valence-corrected chi connectivity index (χ4v) is 3.41. The number of carboxylic acids is 1. The van der Waals surface area contributed by atoms with Crippen LogP contribution in [0.2, 0.25) is 0 Å². The van der Waals surface area contributed by atoms with E-state index in [2.05, 4.69) is 10.6 Å². The Morgan fingerprint density at radius 3 is 2.41 bits per heavy atom. The predicted octanol–water partition coefficient (Wildman–Crippen LogP) is 3.71. The van der Waals surface area contributed by atoms with Gasteiger partial charge in [0.25, 0.3) is 5.56 Å². The summed E-state index contributed by atoms with van der Waals surface area (Å²) in [6.07, 6.45) is 1.09. The van der Waals surface area contributed by atoms with Gasteiger partial charge in [0.05, 0.1) is 12.5 Å². The Balaban J connectivity index is 1.87. The topological polar surface area (TPSA) is 121 Å². The van der Waals surface area contributed by atoms with Gasteiger partial charge < -0.3 is 25.4 Å². The van der Waals surface area contributed by atoms with Crippen LogP contribution in [0.15, 0.2) is 59.5 Å². The molecule has 1 atom stereocenters. The smallest absolute Gasteiger partial charge is 0.319 e. The maximum Gasteiger partial charge on any atom is 0.319 e. The average Bonchev–Trinajstić information content (AvgIpc) is 2.75. The van der Waals surface area contributed by atoms with E-state index >= 15 is 0 Å². The second-order valence-corrected chi connectivity index (χ2v) is 7.69. The Bertz CT molecular complexity index is 1220. The number of nitrogens with one attached hydrogen (secondary N) is 2. The number of aliphatic carboxylic acids is 1. The lowest BCUT2D eigenvalue weighted by Crippen LogP contribution is -2.36. The highest BCUT2D eigenvalue weighted by atomic mass is 16.4. The maximum absolute atomic E-state index is 12.6. The van der Waals surface area contributed by atoms with E-state index in [1.807, 2.05) is 43.3 Å². The van der Waals surface area contributed by atoms with Crippen molar-refractivity contribution in [1.29, 1.82) is 0 Å². The number of hydrogen-bond acceptors (Lipinski definition) is 4. The molecule has 32 heavy (non-hydrogen) atoms. The molecule has 2 aromatic carbocycles. The number of aromatic hydroxyl groups is 1. The van der Waals surface area contributed by atoms with Gasteiger partial charge >= 0.3 is 12.0 Å². The zero-order valence-electron chi connectivity index (χ0n) is 18.0. The van der Waals surface area contributed by atoms with Crippen LogP contribution in [-0.2, 0) is 11.8 Å². The number of carbonyl (C=O) groups excluding carboxylic acids is 1. The number of carbonyl (C=O) groups is 2. The van der Waals surface area contributed by atoms with E-state index in [1.54, 1.807) is 19.1 Å². The van der Waals surface area contributed by atoms with Crippen molar-refractivity contribution < 1.29 is 19.8 Å². The Hall–Kier alpha value is -4.07. The number of aromatic nitrogens is 1. The molecule has 0 saturated carbocycles. The molecule has 166 valence electrons. The van der Waals surface area contributed by atoms with Gasteiger partial charge in [0.1, 0.15) is 5.75 Å². The summed E-state index contributed by atoms with van der Waals surface area (Å²) in [5.74, 6) is -1.43. The highest BCUT2D eigenvalue weighted by molar-refractivity contribution is 5.91. The first-order chi connectivity index (χ1) is 15.2. The SMILES string of the molecule is Cc1ccc(-c2cccc(C(CC(=O)O)NC(=O)Nc3c(O)c(C)cn(C)c3=O)c2)cc1. The number of nitrogens with zero attached hydrogens (tertiary/aromatic N) is 1. The first-order valence-electron chi connectivity index (χ1n) is 10.0.